The van der Waals surface area contributed by atoms with Gasteiger partial charge in [-0.15, -0.1) is 0 Å². The molecule has 1 heterocycles. The molecule has 8 nitrogen and oxygen atoms in total. The second-order valence-corrected chi connectivity index (χ2v) is 6.39. The number of rotatable bonds is 8. The number of carbonyl (C=O) groups excluding carboxylic acids is 1. The van der Waals surface area contributed by atoms with Gasteiger partial charge in [-0.25, -0.2) is 9.18 Å². The Bertz CT molecular complexity index is 1010. The van der Waals surface area contributed by atoms with E-state index in [9.17, 15) is 9.18 Å². The summed E-state index contributed by atoms with van der Waals surface area (Å²) >= 11 is 0. The molecular formula is C21H22FN5O3. The highest BCUT2D eigenvalue weighted by Gasteiger charge is 2.18. The number of nitrogens with zero attached hydrogens (tertiary/aromatic N) is 3. The van der Waals surface area contributed by atoms with Crippen LogP contribution in [0.25, 0.3) is 0 Å². The SMILES string of the molecule is CCc1ccccc1Nc1nc(N)nc(COC(=O)[C@H](C)Oc2ccc(F)cc2)n1. The van der Waals surface area contributed by atoms with Crippen LogP contribution in [0.15, 0.2) is 48.5 Å². The average molecular weight is 411 g/mol. The van der Waals surface area contributed by atoms with Crippen LogP contribution in [0, 0.1) is 5.82 Å². The summed E-state index contributed by atoms with van der Waals surface area (Å²) in [6.07, 6.45) is -0.0659. The molecule has 0 radical (unpaired) electrons. The van der Waals surface area contributed by atoms with E-state index < -0.39 is 17.9 Å². The molecule has 0 fully saturated rings. The van der Waals surface area contributed by atoms with Gasteiger partial charge in [0.2, 0.25) is 11.9 Å². The van der Waals surface area contributed by atoms with Gasteiger partial charge in [-0.2, -0.15) is 15.0 Å². The molecule has 3 rings (SSSR count). The van der Waals surface area contributed by atoms with E-state index in [1.807, 2.05) is 31.2 Å². The van der Waals surface area contributed by atoms with Crippen LogP contribution in [0.4, 0.5) is 22.0 Å². The zero-order valence-electron chi connectivity index (χ0n) is 16.6. The number of para-hydroxylation sites is 1. The third kappa shape index (κ3) is 5.63. The van der Waals surface area contributed by atoms with Crippen molar-refractivity contribution in [1.29, 1.82) is 0 Å². The summed E-state index contributed by atoms with van der Waals surface area (Å²) in [4.78, 5) is 24.5. The van der Waals surface area contributed by atoms with Gasteiger partial charge in [-0.3, -0.25) is 0 Å². The molecule has 30 heavy (non-hydrogen) atoms. The molecule has 0 saturated heterocycles. The lowest BCUT2D eigenvalue weighted by Gasteiger charge is -2.14. The van der Waals surface area contributed by atoms with Crippen LogP contribution in [0.2, 0.25) is 0 Å². The normalized spacial score (nSPS) is 11.6. The second-order valence-electron chi connectivity index (χ2n) is 6.39. The zero-order valence-corrected chi connectivity index (χ0v) is 16.6. The molecule has 9 heteroatoms. The lowest BCUT2D eigenvalue weighted by atomic mass is 10.1. The maximum atomic E-state index is 13.0. The molecule has 1 aromatic heterocycles. The molecule has 0 bridgehead atoms. The number of nitrogen functional groups attached to an aromatic ring is 1. The van der Waals surface area contributed by atoms with Crippen LogP contribution < -0.4 is 15.8 Å². The molecular weight excluding hydrogens is 389 g/mol. The fourth-order valence-electron chi connectivity index (χ4n) is 2.65. The molecule has 3 N–H and O–H groups in total. The van der Waals surface area contributed by atoms with Gasteiger partial charge in [0.25, 0.3) is 0 Å². The number of halogens is 1. The van der Waals surface area contributed by atoms with E-state index in [1.54, 1.807) is 0 Å². The van der Waals surface area contributed by atoms with Gasteiger partial charge < -0.3 is 20.5 Å². The van der Waals surface area contributed by atoms with Crippen LogP contribution in [0.1, 0.15) is 25.2 Å². The molecule has 0 saturated carbocycles. The number of ether oxygens (including phenoxy) is 2. The Morgan fingerprint density at radius 1 is 1.13 bits per heavy atom. The minimum atomic E-state index is -0.899. The number of esters is 1. The largest absolute Gasteiger partial charge is 0.479 e. The number of aryl methyl sites for hydroxylation is 1. The monoisotopic (exact) mass is 411 g/mol. The first-order chi connectivity index (χ1) is 14.4. The molecule has 3 aromatic rings. The maximum Gasteiger partial charge on any atom is 0.347 e. The average Bonchev–Trinajstić information content (AvgIpc) is 2.73. The Morgan fingerprint density at radius 3 is 2.60 bits per heavy atom. The standard InChI is InChI=1S/C21H22FN5O3/c1-3-14-6-4-5-7-17(14)24-21-26-18(25-20(23)27-21)12-29-19(28)13(2)30-16-10-8-15(22)9-11-16/h4-11,13H,3,12H2,1-2H3,(H3,23,24,25,26,27)/t13-/m0/s1. The van der Waals surface area contributed by atoms with Crippen LogP contribution in [0.3, 0.4) is 0 Å². The summed E-state index contributed by atoms with van der Waals surface area (Å²) in [5.41, 5.74) is 7.72. The molecule has 0 aliphatic rings. The predicted molar refractivity (Wildman–Crippen MR) is 110 cm³/mol. The molecule has 156 valence electrons. The first kappa shape index (κ1) is 21.0. The fourth-order valence-corrected chi connectivity index (χ4v) is 2.65. The van der Waals surface area contributed by atoms with E-state index in [-0.39, 0.29) is 24.3 Å². The van der Waals surface area contributed by atoms with Crippen molar-refractivity contribution in [2.75, 3.05) is 11.1 Å². The molecule has 0 aliphatic carbocycles. The predicted octanol–water partition coefficient (Wildman–Crippen LogP) is 3.41. The van der Waals surface area contributed by atoms with Crippen LogP contribution in [-0.2, 0) is 22.6 Å². The second kappa shape index (κ2) is 9.64. The van der Waals surface area contributed by atoms with Crippen molar-refractivity contribution in [3.63, 3.8) is 0 Å². The number of anilines is 3. The first-order valence-corrected chi connectivity index (χ1v) is 9.39. The van der Waals surface area contributed by atoms with Crippen LogP contribution in [-0.4, -0.2) is 27.0 Å². The van der Waals surface area contributed by atoms with Gasteiger partial charge in [0, 0.05) is 5.69 Å². The molecule has 0 aliphatic heterocycles. The Kier molecular flexibility index (Phi) is 6.74. The topological polar surface area (TPSA) is 112 Å². The number of nitrogens with one attached hydrogen (secondary N) is 1. The Labute approximate surface area is 173 Å². The number of nitrogens with two attached hydrogens (primary N) is 1. The van der Waals surface area contributed by atoms with E-state index in [0.717, 1.165) is 17.7 Å². The van der Waals surface area contributed by atoms with Gasteiger partial charge in [-0.1, -0.05) is 25.1 Å². The summed E-state index contributed by atoms with van der Waals surface area (Å²) < 4.78 is 23.6. The van der Waals surface area contributed by atoms with Gasteiger partial charge >= 0.3 is 5.97 Å². The third-order valence-electron chi connectivity index (χ3n) is 4.15. The maximum absolute atomic E-state index is 13.0. The van der Waals surface area contributed by atoms with E-state index in [0.29, 0.717) is 5.75 Å². The molecule has 0 unspecified atom stereocenters. The van der Waals surface area contributed by atoms with Crippen molar-refractivity contribution in [3.05, 3.63) is 65.7 Å². The van der Waals surface area contributed by atoms with Crippen molar-refractivity contribution in [1.82, 2.24) is 15.0 Å². The van der Waals surface area contributed by atoms with E-state index in [2.05, 4.69) is 20.3 Å². The van der Waals surface area contributed by atoms with E-state index >= 15 is 0 Å². The number of benzene rings is 2. The smallest absolute Gasteiger partial charge is 0.347 e. The summed E-state index contributed by atoms with van der Waals surface area (Å²) in [5.74, 6) is -0.207. The summed E-state index contributed by atoms with van der Waals surface area (Å²) in [6, 6.07) is 13.1. The van der Waals surface area contributed by atoms with Crippen molar-refractivity contribution in [3.8, 4) is 5.75 Å². The quantitative estimate of drug-likeness (QED) is 0.542. The molecule has 2 aromatic carbocycles. The minimum absolute atomic E-state index is 0.00291. The lowest BCUT2D eigenvalue weighted by molar-refractivity contribution is -0.152. The van der Waals surface area contributed by atoms with Gasteiger partial charge in [0.05, 0.1) is 0 Å². The summed E-state index contributed by atoms with van der Waals surface area (Å²) in [6.45, 7) is 3.37. The Morgan fingerprint density at radius 2 is 1.87 bits per heavy atom. The van der Waals surface area contributed by atoms with Crippen molar-refractivity contribution in [2.24, 2.45) is 0 Å². The van der Waals surface area contributed by atoms with Crippen molar-refractivity contribution >= 4 is 23.6 Å². The van der Waals surface area contributed by atoms with Crippen LogP contribution in [0.5, 0.6) is 5.75 Å². The molecule has 1 atom stereocenters. The number of hydrogen-bond donors (Lipinski definition) is 2. The lowest BCUT2D eigenvalue weighted by Crippen LogP contribution is -2.26. The third-order valence-corrected chi connectivity index (χ3v) is 4.15. The van der Waals surface area contributed by atoms with Crippen molar-refractivity contribution in [2.45, 2.75) is 33.0 Å². The van der Waals surface area contributed by atoms with Crippen molar-refractivity contribution < 1.29 is 18.7 Å². The summed E-state index contributed by atoms with van der Waals surface area (Å²) in [5, 5.41) is 3.11. The Hall–Kier alpha value is -3.75. The van der Waals surface area contributed by atoms with Crippen LogP contribution >= 0.6 is 0 Å². The minimum Gasteiger partial charge on any atom is -0.479 e. The zero-order chi connectivity index (χ0) is 21.5. The number of aromatic nitrogens is 3. The van der Waals surface area contributed by atoms with Gasteiger partial charge in [0.1, 0.15) is 11.6 Å². The van der Waals surface area contributed by atoms with E-state index in [4.69, 9.17) is 15.2 Å². The molecule has 0 spiro atoms. The first-order valence-electron chi connectivity index (χ1n) is 9.39. The fraction of sp³-hybridized carbons (Fsp3) is 0.238. The number of hydrogen-bond acceptors (Lipinski definition) is 8. The van der Waals surface area contributed by atoms with Gasteiger partial charge in [0.15, 0.2) is 18.5 Å². The van der Waals surface area contributed by atoms with Gasteiger partial charge in [-0.05, 0) is 49.2 Å². The number of carbonyl (C=O) groups is 1. The highest BCUT2D eigenvalue weighted by atomic mass is 19.1. The summed E-state index contributed by atoms with van der Waals surface area (Å²) in [7, 11) is 0. The highest BCUT2D eigenvalue weighted by molar-refractivity contribution is 5.74. The molecule has 0 amide bonds. The van der Waals surface area contributed by atoms with E-state index in [1.165, 1.54) is 31.2 Å². The highest BCUT2D eigenvalue weighted by Crippen LogP contribution is 2.19. The Balaban J connectivity index is 1.62.